The van der Waals surface area contributed by atoms with Gasteiger partial charge < -0.3 is 15.2 Å². The second-order valence-corrected chi connectivity index (χ2v) is 6.72. The monoisotopic (exact) mass is 387 g/mol. The predicted octanol–water partition coefficient (Wildman–Crippen LogP) is 3.48. The Bertz CT molecular complexity index is 825. The molecule has 0 saturated heterocycles. The number of thioether (sulfide) groups is 1. The predicted molar refractivity (Wildman–Crippen MR) is 104 cm³/mol. The van der Waals surface area contributed by atoms with E-state index in [0.717, 1.165) is 5.56 Å². The molecular weight excluding hydrogens is 366 g/mol. The maximum atomic E-state index is 12.0. The molecule has 0 saturated carbocycles. The summed E-state index contributed by atoms with van der Waals surface area (Å²) in [6.45, 7) is 1.92. The van der Waals surface area contributed by atoms with Crippen LogP contribution in [0.2, 0.25) is 0 Å². The normalized spacial score (nSPS) is 10.7. The molecule has 0 aliphatic rings. The SMILES string of the molecule is COc1cc(O)c(SCCNC(C)=O)cc1N=NC(=O)Cc1ccccc1. The Kier molecular flexibility index (Phi) is 7.81. The molecule has 0 atom stereocenters. The van der Waals surface area contributed by atoms with Crippen LogP contribution in [0.25, 0.3) is 0 Å². The zero-order chi connectivity index (χ0) is 19.6. The maximum Gasteiger partial charge on any atom is 0.269 e. The first-order valence-electron chi connectivity index (χ1n) is 8.26. The van der Waals surface area contributed by atoms with Gasteiger partial charge in [0.05, 0.1) is 18.4 Å². The Hall–Kier alpha value is -2.87. The van der Waals surface area contributed by atoms with Gasteiger partial charge in [-0.3, -0.25) is 9.59 Å². The largest absolute Gasteiger partial charge is 0.507 e. The number of phenolic OH excluding ortho intramolecular Hbond substituents is 1. The Morgan fingerprint density at radius 2 is 1.96 bits per heavy atom. The van der Waals surface area contributed by atoms with Crippen molar-refractivity contribution in [3.63, 3.8) is 0 Å². The van der Waals surface area contributed by atoms with Crippen molar-refractivity contribution in [3.8, 4) is 11.5 Å². The molecule has 2 aromatic rings. The Balaban J connectivity index is 2.08. The van der Waals surface area contributed by atoms with E-state index in [4.69, 9.17) is 4.74 Å². The molecule has 2 N–H and O–H groups in total. The molecule has 0 aliphatic carbocycles. The van der Waals surface area contributed by atoms with Gasteiger partial charge in [-0.15, -0.1) is 22.0 Å². The number of rotatable bonds is 8. The van der Waals surface area contributed by atoms with Crippen LogP contribution < -0.4 is 10.1 Å². The highest BCUT2D eigenvalue weighted by molar-refractivity contribution is 7.99. The zero-order valence-electron chi connectivity index (χ0n) is 15.1. The molecule has 0 aliphatic heterocycles. The van der Waals surface area contributed by atoms with Crippen LogP contribution in [0.5, 0.6) is 11.5 Å². The van der Waals surface area contributed by atoms with Gasteiger partial charge in [0, 0.05) is 25.3 Å². The third-order valence-electron chi connectivity index (χ3n) is 3.46. The molecule has 8 heteroatoms. The molecular formula is C19H21N3O4S. The number of amides is 2. The third kappa shape index (κ3) is 6.74. The number of benzene rings is 2. The summed E-state index contributed by atoms with van der Waals surface area (Å²) in [5.41, 5.74) is 1.20. The lowest BCUT2D eigenvalue weighted by molar-refractivity contribution is -0.119. The second-order valence-electron chi connectivity index (χ2n) is 5.58. The fourth-order valence-electron chi connectivity index (χ4n) is 2.20. The van der Waals surface area contributed by atoms with E-state index in [9.17, 15) is 14.7 Å². The van der Waals surface area contributed by atoms with Crippen molar-refractivity contribution in [2.24, 2.45) is 10.2 Å². The number of methoxy groups -OCH3 is 1. The average molecular weight is 387 g/mol. The van der Waals surface area contributed by atoms with Crippen molar-refractivity contribution in [2.45, 2.75) is 18.2 Å². The van der Waals surface area contributed by atoms with E-state index < -0.39 is 0 Å². The molecule has 0 radical (unpaired) electrons. The Morgan fingerprint density at radius 1 is 1.22 bits per heavy atom. The van der Waals surface area contributed by atoms with Crippen molar-refractivity contribution in [1.82, 2.24) is 5.32 Å². The minimum Gasteiger partial charge on any atom is -0.507 e. The summed E-state index contributed by atoms with van der Waals surface area (Å²) >= 11 is 1.35. The van der Waals surface area contributed by atoms with Crippen LogP contribution in [-0.2, 0) is 16.0 Å². The van der Waals surface area contributed by atoms with E-state index in [0.29, 0.717) is 28.6 Å². The number of hydrogen-bond donors (Lipinski definition) is 2. The van der Waals surface area contributed by atoms with Gasteiger partial charge in [-0.05, 0) is 11.6 Å². The van der Waals surface area contributed by atoms with Gasteiger partial charge in [0.15, 0.2) is 0 Å². The molecule has 2 amide bonds. The highest BCUT2D eigenvalue weighted by Gasteiger charge is 2.11. The van der Waals surface area contributed by atoms with E-state index in [2.05, 4.69) is 15.5 Å². The minimum absolute atomic E-state index is 0.0363. The average Bonchev–Trinajstić information content (AvgIpc) is 2.65. The molecule has 0 heterocycles. The third-order valence-corrected chi connectivity index (χ3v) is 4.51. The van der Waals surface area contributed by atoms with Gasteiger partial charge >= 0.3 is 0 Å². The van der Waals surface area contributed by atoms with Gasteiger partial charge in [0.1, 0.15) is 17.2 Å². The van der Waals surface area contributed by atoms with E-state index in [1.165, 1.54) is 31.9 Å². The first-order chi connectivity index (χ1) is 13.0. The number of phenols is 1. The van der Waals surface area contributed by atoms with Gasteiger partial charge in [-0.25, -0.2) is 0 Å². The lowest BCUT2D eigenvalue weighted by atomic mass is 10.1. The molecule has 142 valence electrons. The van der Waals surface area contributed by atoms with Crippen LogP contribution in [0.1, 0.15) is 12.5 Å². The van der Waals surface area contributed by atoms with E-state index in [1.54, 1.807) is 6.07 Å². The number of azo groups is 1. The van der Waals surface area contributed by atoms with Crippen molar-refractivity contribution >= 4 is 29.3 Å². The summed E-state index contributed by atoms with van der Waals surface area (Å²) in [7, 11) is 1.45. The van der Waals surface area contributed by atoms with Crippen LogP contribution in [-0.4, -0.2) is 36.3 Å². The highest BCUT2D eigenvalue weighted by Crippen LogP contribution is 2.39. The lowest BCUT2D eigenvalue weighted by Crippen LogP contribution is -2.22. The first kappa shape index (κ1) is 20.4. The minimum atomic E-state index is -0.379. The topological polar surface area (TPSA) is 100 Å². The molecule has 27 heavy (non-hydrogen) atoms. The number of ether oxygens (including phenoxy) is 1. The summed E-state index contributed by atoms with van der Waals surface area (Å²) in [5, 5.41) is 20.5. The van der Waals surface area contributed by atoms with Crippen molar-refractivity contribution in [1.29, 1.82) is 0 Å². The number of carbonyl (C=O) groups is 2. The standard InChI is InChI=1S/C19H21N3O4S/c1-13(23)20-8-9-27-18-11-15(17(26-2)12-16(18)24)21-22-19(25)10-14-6-4-3-5-7-14/h3-7,11-12,24H,8-10H2,1-2H3,(H,20,23). The van der Waals surface area contributed by atoms with Crippen LogP contribution in [0.15, 0.2) is 57.6 Å². The van der Waals surface area contributed by atoms with E-state index in [-0.39, 0.29) is 24.0 Å². The smallest absolute Gasteiger partial charge is 0.269 e. The van der Waals surface area contributed by atoms with Crippen molar-refractivity contribution in [2.75, 3.05) is 19.4 Å². The summed E-state index contributed by atoms with van der Waals surface area (Å²) < 4.78 is 5.20. The molecule has 0 unspecified atom stereocenters. The van der Waals surface area contributed by atoms with Crippen molar-refractivity contribution < 1.29 is 19.4 Å². The molecule has 0 fully saturated rings. The van der Waals surface area contributed by atoms with Gasteiger partial charge in [-0.2, -0.15) is 0 Å². The number of aromatic hydroxyl groups is 1. The fraction of sp³-hybridized carbons (Fsp3) is 0.263. The van der Waals surface area contributed by atoms with Gasteiger partial charge in [0.2, 0.25) is 5.91 Å². The summed E-state index contributed by atoms with van der Waals surface area (Å²) in [5.74, 6) is 0.435. The van der Waals surface area contributed by atoms with E-state index in [1.807, 2.05) is 30.3 Å². The van der Waals surface area contributed by atoms with E-state index >= 15 is 0 Å². The molecule has 0 spiro atoms. The maximum absolute atomic E-state index is 12.0. The van der Waals surface area contributed by atoms with Crippen LogP contribution >= 0.6 is 11.8 Å². The van der Waals surface area contributed by atoms with Crippen LogP contribution in [0.3, 0.4) is 0 Å². The van der Waals surface area contributed by atoms with Crippen molar-refractivity contribution in [3.05, 3.63) is 48.0 Å². The molecule has 0 aromatic heterocycles. The summed E-state index contributed by atoms with van der Waals surface area (Å²) in [4.78, 5) is 23.5. The van der Waals surface area contributed by atoms with Gasteiger partial charge in [-0.1, -0.05) is 30.3 Å². The quantitative estimate of drug-likeness (QED) is 0.410. The lowest BCUT2D eigenvalue weighted by Gasteiger charge is -2.09. The first-order valence-corrected chi connectivity index (χ1v) is 9.25. The van der Waals surface area contributed by atoms with Crippen LogP contribution in [0.4, 0.5) is 5.69 Å². The Labute approximate surface area is 161 Å². The molecule has 2 aromatic carbocycles. The molecule has 0 bridgehead atoms. The number of carbonyl (C=O) groups excluding carboxylic acids is 2. The number of nitrogens with zero attached hydrogens (tertiary/aromatic N) is 2. The summed E-state index contributed by atoms with van der Waals surface area (Å²) in [6, 6.07) is 12.3. The highest BCUT2D eigenvalue weighted by atomic mass is 32.2. The molecule has 7 nitrogen and oxygen atoms in total. The zero-order valence-corrected chi connectivity index (χ0v) is 16.0. The van der Waals surface area contributed by atoms with Gasteiger partial charge in [0.25, 0.3) is 5.91 Å². The summed E-state index contributed by atoms with van der Waals surface area (Å²) in [6.07, 6.45) is 0.156. The second kappa shape index (κ2) is 10.3. The van der Waals surface area contributed by atoms with Crippen LogP contribution in [0, 0.1) is 0 Å². The number of nitrogens with one attached hydrogen (secondary N) is 1. The molecule has 2 rings (SSSR count). The Morgan fingerprint density at radius 3 is 2.63 bits per heavy atom. The number of hydrogen-bond acceptors (Lipinski definition) is 6. The fourth-order valence-corrected chi connectivity index (χ4v) is 3.03.